The molecule has 2 aromatic rings. The Hall–Kier alpha value is -3.19. The van der Waals surface area contributed by atoms with Crippen molar-refractivity contribution in [1.29, 1.82) is 0 Å². The molecule has 2 rings (SSSR count). The molecule has 3 atom stereocenters. The van der Waals surface area contributed by atoms with Crippen LogP contribution in [-0.4, -0.2) is 46.2 Å². The van der Waals surface area contributed by atoms with E-state index in [1.165, 1.54) is 0 Å². The van der Waals surface area contributed by atoms with Crippen molar-refractivity contribution in [1.82, 2.24) is 10.6 Å². The zero-order valence-corrected chi connectivity index (χ0v) is 18.5. The SMILES string of the molecule is CC(C)CC(NC(CCc1ccccc1)C(=O)O)C(=O)NC(Cc1ccccc1)C(=O)O. The van der Waals surface area contributed by atoms with E-state index in [4.69, 9.17) is 0 Å². The normalized spacial score (nSPS) is 13.8. The molecule has 0 saturated heterocycles. The van der Waals surface area contributed by atoms with Crippen molar-refractivity contribution in [3.63, 3.8) is 0 Å². The molecule has 0 aromatic heterocycles. The molecule has 4 N–H and O–H groups in total. The van der Waals surface area contributed by atoms with Gasteiger partial charge in [-0.2, -0.15) is 0 Å². The molecular weight excluding hydrogens is 408 g/mol. The average Bonchev–Trinajstić information content (AvgIpc) is 2.76. The van der Waals surface area contributed by atoms with Crippen LogP contribution >= 0.6 is 0 Å². The minimum Gasteiger partial charge on any atom is -0.480 e. The van der Waals surface area contributed by atoms with E-state index < -0.39 is 36.0 Å². The zero-order valence-electron chi connectivity index (χ0n) is 18.5. The highest BCUT2D eigenvalue weighted by Crippen LogP contribution is 2.11. The molecule has 3 unspecified atom stereocenters. The van der Waals surface area contributed by atoms with Gasteiger partial charge in [0, 0.05) is 6.42 Å². The van der Waals surface area contributed by atoms with Crippen molar-refractivity contribution in [3.8, 4) is 0 Å². The fourth-order valence-electron chi connectivity index (χ4n) is 3.52. The predicted octanol–water partition coefficient (Wildman–Crippen LogP) is 2.89. The Bertz CT molecular complexity index is 870. The van der Waals surface area contributed by atoms with E-state index in [0.717, 1.165) is 11.1 Å². The number of aryl methyl sites for hydroxylation is 1. The van der Waals surface area contributed by atoms with Crippen molar-refractivity contribution in [2.45, 2.75) is 57.7 Å². The van der Waals surface area contributed by atoms with Gasteiger partial charge in [0.25, 0.3) is 0 Å². The minimum absolute atomic E-state index is 0.110. The molecule has 172 valence electrons. The lowest BCUT2D eigenvalue weighted by Crippen LogP contribution is -2.55. The number of nitrogens with one attached hydrogen (secondary N) is 2. The third-order valence-electron chi connectivity index (χ3n) is 5.19. The number of carbonyl (C=O) groups is 3. The summed E-state index contributed by atoms with van der Waals surface area (Å²) in [4.78, 5) is 36.6. The zero-order chi connectivity index (χ0) is 23.5. The quantitative estimate of drug-likeness (QED) is 0.381. The number of aliphatic carboxylic acids is 2. The number of carbonyl (C=O) groups excluding carboxylic acids is 1. The van der Waals surface area contributed by atoms with Crippen LogP contribution in [-0.2, 0) is 27.2 Å². The van der Waals surface area contributed by atoms with E-state index in [9.17, 15) is 24.6 Å². The summed E-state index contributed by atoms with van der Waals surface area (Å²) in [5.74, 6) is -2.57. The first-order valence-corrected chi connectivity index (χ1v) is 10.9. The fraction of sp³-hybridized carbons (Fsp3) is 0.400. The van der Waals surface area contributed by atoms with E-state index in [-0.39, 0.29) is 12.3 Å². The minimum atomic E-state index is -1.13. The number of rotatable bonds is 13. The van der Waals surface area contributed by atoms with Gasteiger partial charge in [0.2, 0.25) is 5.91 Å². The first-order chi connectivity index (χ1) is 15.3. The van der Waals surface area contributed by atoms with Gasteiger partial charge < -0.3 is 15.5 Å². The van der Waals surface area contributed by atoms with Crippen LogP contribution in [0.1, 0.15) is 37.8 Å². The first kappa shape index (κ1) is 25.1. The van der Waals surface area contributed by atoms with E-state index in [2.05, 4.69) is 10.6 Å². The maximum Gasteiger partial charge on any atom is 0.326 e. The molecule has 0 radical (unpaired) electrons. The third-order valence-corrected chi connectivity index (χ3v) is 5.19. The van der Waals surface area contributed by atoms with Gasteiger partial charge in [-0.15, -0.1) is 0 Å². The van der Waals surface area contributed by atoms with E-state index in [1.54, 1.807) is 12.1 Å². The number of hydrogen-bond acceptors (Lipinski definition) is 4. The van der Waals surface area contributed by atoms with Crippen LogP contribution in [0.15, 0.2) is 60.7 Å². The van der Waals surface area contributed by atoms with Gasteiger partial charge in [-0.05, 0) is 36.3 Å². The highest BCUT2D eigenvalue weighted by atomic mass is 16.4. The van der Waals surface area contributed by atoms with Crippen LogP contribution in [0.25, 0.3) is 0 Å². The van der Waals surface area contributed by atoms with Crippen molar-refractivity contribution in [3.05, 3.63) is 71.8 Å². The second-order valence-corrected chi connectivity index (χ2v) is 8.35. The molecule has 0 aliphatic carbocycles. The maximum absolute atomic E-state index is 13.0. The lowest BCUT2D eigenvalue weighted by Gasteiger charge is -2.26. The highest BCUT2D eigenvalue weighted by molar-refractivity contribution is 5.87. The molecule has 7 nitrogen and oxygen atoms in total. The predicted molar refractivity (Wildman–Crippen MR) is 122 cm³/mol. The van der Waals surface area contributed by atoms with Crippen molar-refractivity contribution in [2.24, 2.45) is 5.92 Å². The summed E-state index contributed by atoms with van der Waals surface area (Å²) >= 11 is 0. The van der Waals surface area contributed by atoms with Gasteiger partial charge in [-0.25, -0.2) is 4.79 Å². The fourth-order valence-corrected chi connectivity index (χ4v) is 3.52. The van der Waals surface area contributed by atoms with Gasteiger partial charge in [0.05, 0.1) is 6.04 Å². The van der Waals surface area contributed by atoms with E-state index in [1.807, 2.05) is 62.4 Å². The number of carboxylic acids is 2. The van der Waals surface area contributed by atoms with Crippen LogP contribution < -0.4 is 10.6 Å². The number of hydrogen-bond donors (Lipinski definition) is 4. The van der Waals surface area contributed by atoms with Crippen LogP contribution in [0.5, 0.6) is 0 Å². The van der Waals surface area contributed by atoms with Gasteiger partial charge in [-0.1, -0.05) is 74.5 Å². The smallest absolute Gasteiger partial charge is 0.326 e. The molecule has 0 fully saturated rings. The first-order valence-electron chi connectivity index (χ1n) is 10.9. The van der Waals surface area contributed by atoms with E-state index >= 15 is 0 Å². The van der Waals surface area contributed by atoms with Crippen molar-refractivity contribution >= 4 is 17.8 Å². The Balaban J connectivity index is 2.08. The maximum atomic E-state index is 13.0. The Morgan fingerprint density at radius 1 is 0.781 bits per heavy atom. The van der Waals surface area contributed by atoms with Crippen LogP contribution in [0.4, 0.5) is 0 Å². The second kappa shape index (κ2) is 12.6. The van der Waals surface area contributed by atoms with Crippen LogP contribution in [0.2, 0.25) is 0 Å². The molecule has 0 saturated carbocycles. The number of carboxylic acid groups (broad SMARTS) is 2. The molecule has 0 spiro atoms. The largest absolute Gasteiger partial charge is 0.480 e. The molecule has 32 heavy (non-hydrogen) atoms. The van der Waals surface area contributed by atoms with Crippen LogP contribution in [0.3, 0.4) is 0 Å². The molecule has 0 aliphatic heterocycles. The lowest BCUT2D eigenvalue weighted by molar-refractivity contribution is -0.143. The Morgan fingerprint density at radius 3 is 1.81 bits per heavy atom. The number of benzene rings is 2. The molecular formula is C25H32N2O5. The molecule has 0 aliphatic rings. The van der Waals surface area contributed by atoms with Crippen molar-refractivity contribution < 1.29 is 24.6 Å². The second-order valence-electron chi connectivity index (χ2n) is 8.35. The summed E-state index contributed by atoms with van der Waals surface area (Å²) in [7, 11) is 0. The van der Waals surface area contributed by atoms with Crippen LogP contribution in [0, 0.1) is 5.92 Å². The summed E-state index contributed by atoms with van der Waals surface area (Å²) in [6.45, 7) is 3.86. The van der Waals surface area contributed by atoms with Gasteiger partial charge >= 0.3 is 11.9 Å². The van der Waals surface area contributed by atoms with Gasteiger partial charge in [0.1, 0.15) is 12.1 Å². The molecule has 2 aromatic carbocycles. The highest BCUT2D eigenvalue weighted by Gasteiger charge is 2.29. The summed E-state index contributed by atoms with van der Waals surface area (Å²) < 4.78 is 0. The summed E-state index contributed by atoms with van der Waals surface area (Å²) in [6.07, 6.45) is 1.39. The molecule has 1 amide bonds. The summed E-state index contributed by atoms with van der Waals surface area (Å²) in [5, 5.41) is 24.8. The van der Waals surface area contributed by atoms with E-state index in [0.29, 0.717) is 19.3 Å². The Morgan fingerprint density at radius 2 is 1.31 bits per heavy atom. The average molecular weight is 441 g/mol. The Kier molecular flexibility index (Phi) is 9.88. The Labute approximate surface area is 188 Å². The van der Waals surface area contributed by atoms with Gasteiger partial charge in [0.15, 0.2) is 0 Å². The number of amides is 1. The van der Waals surface area contributed by atoms with Gasteiger partial charge in [-0.3, -0.25) is 14.9 Å². The van der Waals surface area contributed by atoms with Crippen molar-refractivity contribution in [2.75, 3.05) is 0 Å². The molecule has 7 heteroatoms. The third kappa shape index (κ3) is 8.51. The summed E-state index contributed by atoms with van der Waals surface area (Å²) in [5.41, 5.74) is 1.80. The lowest BCUT2D eigenvalue weighted by atomic mass is 9.99. The topological polar surface area (TPSA) is 116 Å². The molecule has 0 heterocycles. The standard InChI is InChI=1S/C25H32N2O5/c1-17(2)15-21(26-20(24(29)30)14-13-18-9-5-3-6-10-18)23(28)27-22(25(31)32)16-19-11-7-4-8-12-19/h3-12,17,20-22,26H,13-16H2,1-2H3,(H,27,28)(H,29,30)(H,31,32). The molecule has 0 bridgehead atoms. The summed E-state index contributed by atoms with van der Waals surface area (Å²) in [6, 6.07) is 15.8. The monoisotopic (exact) mass is 440 g/mol.